The lowest BCUT2D eigenvalue weighted by atomic mass is 9.91. The van der Waals surface area contributed by atoms with Gasteiger partial charge >= 0.3 is 0 Å². The number of hydrazine groups is 1. The van der Waals surface area contributed by atoms with Crippen LogP contribution in [-0.2, 0) is 0 Å². The van der Waals surface area contributed by atoms with Crippen molar-refractivity contribution >= 4 is 15.9 Å². The van der Waals surface area contributed by atoms with Crippen LogP contribution in [0, 0.1) is 17.6 Å². The van der Waals surface area contributed by atoms with Crippen LogP contribution in [0.2, 0.25) is 0 Å². The predicted octanol–water partition coefficient (Wildman–Crippen LogP) is 3.67. The third-order valence-corrected chi connectivity index (χ3v) is 3.31. The number of hydrogen-bond donors (Lipinski definition) is 2. The van der Waals surface area contributed by atoms with Crippen molar-refractivity contribution in [3.05, 3.63) is 33.8 Å². The summed E-state index contributed by atoms with van der Waals surface area (Å²) < 4.78 is 28.0. The maximum absolute atomic E-state index is 13.8. The molecule has 0 saturated carbocycles. The SMILES string of the molecule is CCCC(C)C(NN)c1c(F)cc(Br)cc1F. The summed E-state index contributed by atoms with van der Waals surface area (Å²) in [5.74, 6) is 4.32. The van der Waals surface area contributed by atoms with Crippen molar-refractivity contribution in [3.8, 4) is 0 Å². The van der Waals surface area contributed by atoms with E-state index in [9.17, 15) is 8.78 Å². The van der Waals surface area contributed by atoms with Crippen LogP contribution < -0.4 is 11.3 Å². The van der Waals surface area contributed by atoms with Gasteiger partial charge in [-0.25, -0.2) is 8.78 Å². The Morgan fingerprint density at radius 2 is 1.88 bits per heavy atom. The number of hydrogen-bond acceptors (Lipinski definition) is 2. The first-order valence-corrected chi connectivity index (χ1v) is 6.41. The van der Waals surface area contributed by atoms with E-state index in [4.69, 9.17) is 5.84 Å². The zero-order valence-corrected chi connectivity index (χ0v) is 11.5. The van der Waals surface area contributed by atoms with Crippen molar-refractivity contribution in [3.63, 3.8) is 0 Å². The summed E-state index contributed by atoms with van der Waals surface area (Å²) in [6.45, 7) is 3.95. The first-order chi connectivity index (χ1) is 8.01. The van der Waals surface area contributed by atoms with Crippen LogP contribution in [0.1, 0.15) is 38.3 Å². The Labute approximate surface area is 109 Å². The maximum Gasteiger partial charge on any atom is 0.132 e. The van der Waals surface area contributed by atoms with Gasteiger partial charge in [-0.05, 0) is 24.5 Å². The van der Waals surface area contributed by atoms with Crippen molar-refractivity contribution in [2.45, 2.75) is 32.7 Å². The van der Waals surface area contributed by atoms with Crippen molar-refractivity contribution < 1.29 is 8.78 Å². The Morgan fingerprint density at radius 3 is 2.29 bits per heavy atom. The quantitative estimate of drug-likeness (QED) is 0.643. The zero-order chi connectivity index (χ0) is 13.0. The minimum Gasteiger partial charge on any atom is -0.271 e. The Hall–Kier alpha value is -0.520. The molecule has 3 N–H and O–H groups in total. The van der Waals surface area contributed by atoms with Gasteiger partial charge in [-0.2, -0.15) is 0 Å². The monoisotopic (exact) mass is 306 g/mol. The largest absolute Gasteiger partial charge is 0.271 e. The second-order valence-corrected chi connectivity index (χ2v) is 5.11. The minimum atomic E-state index is -0.581. The van der Waals surface area contributed by atoms with E-state index < -0.39 is 17.7 Å². The van der Waals surface area contributed by atoms with Crippen LogP contribution in [0.25, 0.3) is 0 Å². The molecule has 17 heavy (non-hydrogen) atoms. The number of nitrogens with one attached hydrogen (secondary N) is 1. The van der Waals surface area contributed by atoms with Crippen molar-refractivity contribution in [2.24, 2.45) is 11.8 Å². The summed E-state index contributed by atoms with van der Waals surface area (Å²) in [6, 6.07) is 1.99. The molecular weight excluding hydrogens is 290 g/mol. The highest BCUT2D eigenvalue weighted by Gasteiger charge is 2.24. The van der Waals surface area contributed by atoms with Crippen LogP contribution in [0.4, 0.5) is 8.78 Å². The van der Waals surface area contributed by atoms with Gasteiger partial charge in [-0.1, -0.05) is 36.2 Å². The summed E-state index contributed by atoms with van der Waals surface area (Å²) in [5, 5.41) is 0. The Bertz CT molecular complexity index is 362. The molecule has 96 valence electrons. The van der Waals surface area contributed by atoms with Crippen LogP contribution >= 0.6 is 15.9 Å². The third kappa shape index (κ3) is 3.47. The molecule has 0 radical (unpaired) electrons. The third-order valence-electron chi connectivity index (χ3n) is 2.85. The number of halogens is 3. The minimum absolute atomic E-state index is 0.0108. The fraction of sp³-hybridized carbons (Fsp3) is 0.500. The van der Waals surface area contributed by atoms with E-state index in [1.807, 2.05) is 13.8 Å². The summed E-state index contributed by atoms with van der Waals surface area (Å²) in [5.41, 5.74) is 2.52. The average Bonchev–Trinajstić information content (AvgIpc) is 2.23. The topological polar surface area (TPSA) is 38.0 Å². The van der Waals surface area contributed by atoms with Crippen molar-refractivity contribution in [1.29, 1.82) is 0 Å². The Balaban J connectivity index is 3.11. The van der Waals surface area contributed by atoms with E-state index in [-0.39, 0.29) is 11.5 Å². The molecule has 0 bridgehead atoms. The first kappa shape index (κ1) is 14.5. The lowest BCUT2D eigenvalue weighted by Crippen LogP contribution is -2.34. The van der Waals surface area contributed by atoms with E-state index in [1.165, 1.54) is 12.1 Å². The molecule has 0 amide bonds. The highest BCUT2D eigenvalue weighted by molar-refractivity contribution is 9.10. The Kier molecular flexibility index (Phi) is 5.49. The fourth-order valence-electron chi connectivity index (χ4n) is 2.00. The highest BCUT2D eigenvalue weighted by Crippen LogP contribution is 2.30. The van der Waals surface area contributed by atoms with E-state index in [2.05, 4.69) is 21.4 Å². The molecule has 2 atom stereocenters. The molecule has 2 unspecified atom stereocenters. The van der Waals surface area contributed by atoms with Gasteiger partial charge in [0.1, 0.15) is 11.6 Å². The van der Waals surface area contributed by atoms with Gasteiger partial charge < -0.3 is 0 Å². The normalized spacial score (nSPS) is 14.7. The van der Waals surface area contributed by atoms with Crippen LogP contribution in [0.5, 0.6) is 0 Å². The standard InChI is InChI=1S/C12H17BrF2N2/c1-3-4-7(2)12(17-16)11-9(14)5-8(13)6-10(11)15/h5-7,12,17H,3-4,16H2,1-2H3. The average molecular weight is 307 g/mol. The van der Waals surface area contributed by atoms with Gasteiger partial charge in [-0.15, -0.1) is 0 Å². The molecular formula is C12H17BrF2N2. The molecule has 0 heterocycles. The highest BCUT2D eigenvalue weighted by atomic mass is 79.9. The summed E-state index contributed by atoms with van der Waals surface area (Å²) >= 11 is 3.05. The van der Waals surface area contributed by atoms with Crippen LogP contribution in [-0.4, -0.2) is 0 Å². The molecule has 1 aromatic rings. The lowest BCUT2D eigenvalue weighted by molar-refractivity contribution is 0.345. The van der Waals surface area contributed by atoms with Crippen molar-refractivity contribution in [2.75, 3.05) is 0 Å². The lowest BCUT2D eigenvalue weighted by Gasteiger charge is -2.24. The van der Waals surface area contributed by atoms with Gasteiger partial charge in [0.25, 0.3) is 0 Å². The molecule has 0 saturated heterocycles. The van der Waals surface area contributed by atoms with Gasteiger partial charge in [-0.3, -0.25) is 11.3 Å². The zero-order valence-electron chi connectivity index (χ0n) is 9.93. The summed E-state index contributed by atoms with van der Waals surface area (Å²) in [6.07, 6.45) is 1.79. The fourth-order valence-corrected chi connectivity index (χ4v) is 2.41. The second kappa shape index (κ2) is 6.42. The summed E-state index contributed by atoms with van der Waals surface area (Å²) in [4.78, 5) is 0. The van der Waals surface area contributed by atoms with Crippen LogP contribution in [0.3, 0.4) is 0 Å². The molecule has 0 aromatic heterocycles. The molecule has 0 aliphatic rings. The van der Waals surface area contributed by atoms with Crippen molar-refractivity contribution in [1.82, 2.24) is 5.43 Å². The molecule has 0 aliphatic heterocycles. The molecule has 0 spiro atoms. The molecule has 0 fully saturated rings. The maximum atomic E-state index is 13.8. The van der Waals surface area contributed by atoms with E-state index in [0.717, 1.165) is 12.8 Å². The molecule has 0 aliphatic carbocycles. The molecule has 1 aromatic carbocycles. The van der Waals surface area contributed by atoms with E-state index >= 15 is 0 Å². The number of rotatable bonds is 5. The molecule has 2 nitrogen and oxygen atoms in total. The van der Waals surface area contributed by atoms with Gasteiger partial charge in [0.2, 0.25) is 0 Å². The number of nitrogens with two attached hydrogens (primary N) is 1. The smallest absolute Gasteiger partial charge is 0.132 e. The van der Waals surface area contributed by atoms with Crippen LogP contribution in [0.15, 0.2) is 16.6 Å². The van der Waals surface area contributed by atoms with E-state index in [0.29, 0.717) is 4.47 Å². The second-order valence-electron chi connectivity index (χ2n) is 4.19. The summed E-state index contributed by atoms with van der Waals surface area (Å²) in [7, 11) is 0. The molecule has 5 heteroatoms. The Morgan fingerprint density at radius 1 is 1.35 bits per heavy atom. The van der Waals surface area contributed by atoms with Gasteiger partial charge in [0.15, 0.2) is 0 Å². The van der Waals surface area contributed by atoms with E-state index in [1.54, 1.807) is 0 Å². The molecule has 1 rings (SSSR count). The van der Waals surface area contributed by atoms with Gasteiger partial charge in [0.05, 0.1) is 6.04 Å². The number of benzene rings is 1. The van der Waals surface area contributed by atoms with Gasteiger partial charge in [0, 0.05) is 10.0 Å². The first-order valence-electron chi connectivity index (χ1n) is 5.61. The predicted molar refractivity (Wildman–Crippen MR) is 68.2 cm³/mol.